The first-order valence-electron chi connectivity index (χ1n) is 6.08. The monoisotopic (exact) mass is 301 g/mol. The fraction of sp³-hybridized carbons (Fsp3) is 0.417. The number of nitrogens with one attached hydrogen (secondary N) is 1. The topological polar surface area (TPSA) is 113 Å². The van der Waals surface area contributed by atoms with Crippen LogP contribution in [-0.2, 0) is 14.8 Å². The zero-order valence-corrected chi connectivity index (χ0v) is 11.4. The van der Waals surface area contributed by atoms with Gasteiger partial charge in [0.25, 0.3) is 0 Å². The van der Waals surface area contributed by atoms with Crippen molar-refractivity contribution in [3.05, 3.63) is 23.8 Å². The van der Waals surface area contributed by atoms with Crippen molar-refractivity contribution in [2.45, 2.75) is 23.8 Å². The number of hydrogen-bond acceptors (Lipinski definition) is 5. The van der Waals surface area contributed by atoms with Crippen LogP contribution >= 0.6 is 0 Å². The summed E-state index contributed by atoms with van der Waals surface area (Å²) in [6, 6.07) is 3.12. The Morgan fingerprint density at radius 1 is 1.45 bits per heavy atom. The van der Waals surface area contributed by atoms with Crippen molar-refractivity contribution in [2.24, 2.45) is 0 Å². The number of carbonyl (C=O) groups is 1. The molecule has 0 aromatic heterocycles. The number of benzene rings is 1. The van der Waals surface area contributed by atoms with Gasteiger partial charge in [-0.1, -0.05) is 0 Å². The van der Waals surface area contributed by atoms with E-state index < -0.39 is 27.3 Å². The standard InChI is InChI=1S/C12H15NO6S/c14-11-4-3-9(6-10(11)12(15)16)20(17,18)13-7-8-2-1-5-19-8/h3-4,6,8,13-14H,1-2,5,7H2,(H,15,16). The lowest BCUT2D eigenvalue weighted by Gasteiger charge is -2.12. The van der Waals surface area contributed by atoms with E-state index in [-0.39, 0.29) is 17.5 Å². The fourth-order valence-electron chi connectivity index (χ4n) is 1.94. The predicted molar refractivity (Wildman–Crippen MR) is 69.2 cm³/mol. The normalized spacial score (nSPS) is 19.1. The maximum Gasteiger partial charge on any atom is 0.339 e. The summed E-state index contributed by atoms with van der Waals surface area (Å²) in [4.78, 5) is 10.7. The minimum atomic E-state index is -3.82. The number of aromatic hydroxyl groups is 1. The quantitative estimate of drug-likeness (QED) is 0.732. The molecule has 1 saturated heterocycles. The predicted octanol–water partition coefficient (Wildman–Crippen LogP) is 0.548. The van der Waals surface area contributed by atoms with Crippen molar-refractivity contribution >= 4 is 16.0 Å². The van der Waals surface area contributed by atoms with Crippen LogP contribution in [0.1, 0.15) is 23.2 Å². The number of carboxylic acid groups (broad SMARTS) is 1. The molecule has 1 aromatic carbocycles. The van der Waals surface area contributed by atoms with E-state index in [0.717, 1.165) is 31.0 Å². The molecule has 110 valence electrons. The van der Waals surface area contributed by atoms with Crippen LogP contribution < -0.4 is 4.72 Å². The first-order chi connectivity index (χ1) is 9.40. The minimum absolute atomic E-state index is 0.144. The second-order valence-electron chi connectivity index (χ2n) is 4.47. The maximum absolute atomic E-state index is 12.0. The van der Waals surface area contributed by atoms with E-state index in [1.165, 1.54) is 0 Å². The molecule has 1 aliphatic heterocycles. The first-order valence-corrected chi connectivity index (χ1v) is 7.56. The van der Waals surface area contributed by atoms with Crippen LogP contribution in [0.25, 0.3) is 0 Å². The van der Waals surface area contributed by atoms with Gasteiger partial charge in [-0.2, -0.15) is 0 Å². The summed E-state index contributed by atoms with van der Waals surface area (Å²) in [6.07, 6.45) is 1.54. The lowest BCUT2D eigenvalue weighted by Crippen LogP contribution is -2.31. The highest BCUT2D eigenvalue weighted by atomic mass is 32.2. The second kappa shape index (κ2) is 5.78. The summed E-state index contributed by atoms with van der Waals surface area (Å²) in [5.41, 5.74) is -0.454. The van der Waals surface area contributed by atoms with Crippen LogP contribution in [0.2, 0.25) is 0 Å². The molecule has 0 bridgehead atoms. The van der Waals surface area contributed by atoms with Gasteiger partial charge in [-0.05, 0) is 31.0 Å². The molecule has 1 fully saturated rings. The Bertz CT molecular complexity index is 606. The molecule has 1 atom stereocenters. The lowest BCUT2D eigenvalue weighted by molar-refractivity contribution is 0.0693. The number of hydrogen-bond donors (Lipinski definition) is 3. The highest BCUT2D eigenvalue weighted by Gasteiger charge is 2.22. The third kappa shape index (κ3) is 3.27. The van der Waals surface area contributed by atoms with E-state index in [2.05, 4.69) is 4.72 Å². The molecule has 1 aliphatic rings. The van der Waals surface area contributed by atoms with E-state index >= 15 is 0 Å². The minimum Gasteiger partial charge on any atom is -0.507 e. The van der Waals surface area contributed by atoms with Gasteiger partial charge in [0.15, 0.2) is 0 Å². The molecule has 1 aromatic rings. The summed E-state index contributed by atoms with van der Waals surface area (Å²) in [5, 5.41) is 18.2. The highest BCUT2D eigenvalue weighted by molar-refractivity contribution is 7.89. The van der Waals surface area contributed by atoms with Crippen LogP contribution in [0, 0.1) is 0 Å². The first kappa shape index (κ1) is 14.8. The van der Waals surface area contributed by atoms with Crippen molar-refractivity contribution < 1.29 is 28.2 Å². The third-order valence-corrected chi connectivity index (χ3v) is 4.45. The van der Waals surface area contributed by atoms with Crippen molar-refractivity contribution in [3.63, 3.8) is 0 Å². The van der Waals surface area contributed by atoms with Crippen LogP contribution in [0.3, 0.4) is 0 Å². The Labute approximate surface area is 116 Å². The molecular weight excluding hydrogens is 286 g/mol. The zero-order chi connectivity index (χ0) is 14.8. The van der Waals surface area contributed by atoms with Gasteiger partial charge in [0, 0.05) is 13.2 Å². The summed E-state index contributed by atoms with van der Waals surface area (Å²) in [5.74, 6) is -1.87. The summed E-state index contributed by atoms with van der Waals surface area (Å²) < 4.78 is 31.7. The molecular formula is C12H15NO6S. The van der Waals surface area contributed by atoms with Gasteiger partial charge in [0.05, 0.1) is 11.0 Å². The van der Waals surface area contributed by atoms with Crippen LogP contribution in [-0.4, -0.2) is 43.9 Å². The fourth-order valence-corrected chi connectivity index (χ4v) is 3.04. The van der Waals surface area contributed by atoms with E-state index in [1.807, 2.05) is 0 Å². The number of ether oxygens (including phenoxy) is 1. The Hall–Kier alpha value is -1.64. The molecule has 0 spiro atoms. The van der Waals surface area contributed by atoms with Crippen molar-refractivity contribution in [3.8, 4) is 5.75 Å². The summed E-state index contributed by atoms with van der Waals surface area (Å²) in [7, 11) is -3.82. The average molecular weight is 301 g/mol. The molecule has 1 heterocycles. The van der Waals surface area contributed by atoms with Crippen molar-refractivity contribution in [2.75, 3.05) is 13.2 Å². The number of rotatable bonds is 5. The molecule has 0 radical (unpaired) electrons. The molecule has 0 aliphatic carbocycles. The van der Waals surface area contributed by atoms with E-state index in [9.17, 15) is 18.3 Å². The number of sulfonamides is 1. The maximum atomic E-state index is 12.0. The average Bonchev–Trinajstić information content (AvgIpc) is 2.89. The summed E-state index contributed by atoms with van der Waals surface area (Å²) in [6.45, 7) is 0.764. The van der Waals surface area contributed by atoms with E-state index in [1.54, 1.807) is 0 Å². The van der Waals surface area contributed by atoms with Gasteiger partial charge in [-0.15, -0.1) is 0 Å². The van der Waals surface area contributed by atoms with Crippen LogP contribution in [0.4, 0.5) is 0 Å². The molecule has 7 nitrogen and oxygen atoms in total. The van der Waals surface area contributed by atoms with Gasteiger partial charge in [-0.25, -0.2) is 17.9 Å². The second-order valence-corrected chi connectivity index (χ2v) is 6.24. The molecule has 1 unspecified atom stereocenters. The lowest BCUT2D eigenvalue weighted by atomic mass is 10.2. The van der Waals surface area contributed by atoms with E-state index in [4.69, 9.17) is 9.84 Å². The molecule has 0 saturated carbocycles. The van der Waals surface area contributed by atoms with Gasteiger partial charge in [0.2, 0.25) is 10.0 Å². The molecule has 20 heavy (non-hydrogen) atoms. The Morgan fingerprint density at radius 3 is 2.80 bits per heavy atom. The highest BCUT2D eigenvalue weighted by Crippen LogP contribution is 2.21. The molecule has 2 rings (SSSR count). The summed E-state index contributed by atoms with van der Waals surface area (Å²) >= 11 is 0. The number of carboxylic acids is 1. The van der Waals surface area contributed by atoms with Gasteiger partial charge >= 0.3 is 5.97 Å². The molecule has 0 amide bonds. The van der Waals surface area contributed by atoms with Crippen molar-refractivity contribution in [1.29, 1.82) is 0 Å². The van der Waals surface area contributed by atoms with E-state index in [0.29, 0.717) is 6.61 Å². The van der Waals surface area contributed by atoms with Crippen molar-refractivity contribution in [1.82, 2.24) is 4.72 Å². The smallest absolute Gasteiger partial charge is 0.339 e. The van der Waals surface area contributed by atoms with Gasteiger partial charge in [-0.3, -0.25) is 0 Å². The zero-order valence-electron chi connectivity index (χ0n) is 10.6. The largest absolute Gasteiger partial charge is 0.507 e. The molecule has 3 N–H and O–H groups in total. The SMILES string of the molecule is O=C(O)c1cc(S(=O)(=O)NCC2CCCO2)ccc1O. The van der Waals surface area contributed by atoms with Gasteiger partial charge < -0.3 is 14.9 Å². The Kier molecular flexibility index (Phi) is 4.26. The van der Waals surface area contributed by atoms with Crippen LogP contribution in [0.5, 0.6) is 5.75 Å². The number of aromatic carboxylic acids is 1. The number of phenols is 1. The van der Waals surface area contributed by atoms with Gasteiger partial charge in [0.1, 0.15) is 11.3 Å². The molecule has 8 heteroatoms. The van der Waals surface area contributed by atoms with Crippen LogP contribution in [0.15, 0.2) is 23.1 Å². The third-order valence-electron chi connectivity index (χ3n) is 3.03. The Morgan fingerprint density at radius 2 is 2.20 bits per heavy atom. The Balaban J connectivity index is 2.16.